The topological polar surface area (TPSA) is 3.24 Å². The number of hydrogen-bond acceptors (Lipinski definition) is 1. The van der Waals surface area contributed by atoms with Gasteiger partial charge in [0.1, 0.15) is 0 Å². The van der Waals surface area contributed by atoms with E-state index in [9.17, 15) is 0 Å². The average molecular weight is 243 g/mol. The van der Waals surface area contributed by atoms with E-state index in [1.165, 1.54) is 62.0 Å². The van der Waals surface area contributed by atoms with Gasteiger partial charge < -0.3 is 4.90 Å². The number of aryl methyl sites for hydroxylation is 1. The molecule has 1 aromatic rings. The highest BCUT2D eigenvalue weighted by Crippen LogP contribution is 2.28. The van der Waals surface area contributed by atoms with Gasteiger partial charge in [0.25, 0.3) is 0 Å². The fourth-order valence-corrected chi connectivity index (χ4v) is 2.82. The van der Waals surface area contributed by atoms with E-state index >= 15 is 0 Å². The molecule has 0 N–H and O–H groups in total. The first-order valence-corrected chi connectivity index (χ1v) is 7.40. The molecule has 0 heterocycles. The second-order valence-electron chi connectivity index (χ2n) is 5.13. The van der Waals surface area contributed by atoms with Crippen LogP contribution < -0.4 is 0 Å². The van der Waals surface area contributed by atoms with Crippen molar-refractivity contribution in [3.05, 3.63) is 41.5 Å². The molecule has 18 heavy (non-hydrogen) atoms. The zero-order valence-electron chi connectivity index (χ0n) is 11.8. The molecule has 0 saturated heterocycles. The van der Waals surface area contributed by atoms with E-state index in [0.717, 1.165) is 0 Å². The molecule has 2 rings (SSSR count). The molecule has 1 nitrogen and oxygen atoms in total. The fourth-order valence-electron chi connectivity index (χ4n) is 2.82. The summed E-state index contributed by atoms with van der Waals surface area (Å²) in [7, 11) is 0. The van der Waals surface area contributed by atoms with Gasteiger partial charge in [-0.05, 0) is 37.7 Å². The third kappa shape index (κ3) is 2.95. The lowest BCUT2D eigenvalue weighted by Crippen LogP contribution is -2.24. The van der Waals surface area contributed by atoms with Gasteiger partial charge in [0.2, 0.25) is 0 Å². The van der Waals surface area contributed by atoms with E-state index in [-0.39, 0.29) is 0 Å². The molecule has 0 aromatic heterocycles. The van der Waals surface area contributed by atoms with Crippen molar-refractivity contribution < 1.29 is 0 Å². The SMILES string of the molecule is CCCN(CCC)C1=CCCCc2ccccc21. The lowest BCUT2D eigenvalue weighted by molar-refractivity contribution is 0.395. The molecule has 0 saturated carbocycles. The highest BCUT2D eigenvalue weighted by atomic mass is 15.1. The molecule has 1 heteroatoms. The maximum absolute atomic E-state index is 2.57. The van der Waals surface area contributed by atoms with E-state index < -0.39 is 0 Å². The molecule has 1 aromatic carbocycles. The third-order valence-corrected chi connectivity index (χ3v) is 3.61. The van der Waals surface area contributed by atoms with Crippen LogP contribution in [0.2, 0.25) is 0 Å². The molecule has 0 aliphatic heterocycles. The standard InChI is InChI=1S/C17H25N/c1-3-13-18(14-4-2)17-12-8-6-10-15-9-5-7-11-16(15)17/h5,7,9,11-12H,3-4,6,8,10,13-14H2,1-2H3. The Morgan fingerprint density at radius 2 is 1.78 bits per heavy atom. The number of rotatable bonds is 5. The zero-order chi connectivity index (χ0) is 12.8. The van der Waals surface area contributed by atoms with Crippen molar-refractivity contribution in [3.8, 4) is 0 Å². The molecule has 0 spiro atoms. The quantitative estimate of drug-likeness (QED) is 0.736. The van der Waals surface area contributed by atoms with Crippen LogP contribution in [0, 0.1) is 0 Å². The van der Waals surface area contributed by atoms with Crippen molar-refractivity contribution >= 4 is 5.70 Å². The van der Waals surface area contributed by atoms with Crippen molar-refractivity contribution in [3.63, 3.8) is 0 Å². The second-order valence-corrected chi connectivity index (χ2v) is 5.13. The zero-order valence-corrected chi connectivity index (χ0v) is 11.8. The number of allylic oxidation sites excluding steroid dienone is 1. The summed E-state index contributed by atoms with van der Waals surface area (Å²) in [5, 5.41) is 0. The molecule has 0 atom stereocenters. The molecular formula is C17H25N. The Balaban J connectivity index is 2.32. The lowest BCUT2D eigenvalue weighted by atomic mass is 10.0. The molecule has 1 aliphatic carbocycles. The monoisotopic (exact) mass is 243 g/mol. The molecule has 0 bridgehead atoms. The van der Waals surface area contributed by atoms with Crippen molar-refractivity contribution in [1.29, 1.82) is 0 Å². The third-order valence-electron chi connectivity index (χ3n) is 3.61. The summed E-state index contributed by atoms with van der Waals surface area (Å²) in [6.45, 7) is 6.89. The van der Waals surface area contributed by atoms with Crippen molar-refractivity contribution in [1.82, 2.24) is 4.90 Å². The van der Waals surface area contributed by atoms with Crippen LogP contribution in [0.15, 0.2) is 30.3 Å². The van der Waals surface area contributed by atoms with Crippen LogP contribution in [-0.4, -0.2) is 18.0 Å². The van der Waals surface area contributed by atoms with Crippen molar-refractivity contribution in [2.75, 3.05) is 13.1 Å². The Labute approximate surface area is 112 Å². The first kappa shape index (κ1) is 13.2. The Kier molecular flexibility index (Phi) is 4.86. The minimum atomic E-state index is 1.17. The van der Waals surface area contributed by atoms with E-state index in [0.29, 0.717) is 0 Å². The van der Waals surface area contributed by atoms with Gasteiger partial charge in [0, 0.05) is 24.4 Å². The number of benzene rings is 1. The highest BCUT2D eigenvalue weighted by molar-refractivity contribution is 5.67. The molecular weight excluding hydrogens is 218 g/mol. The molecule has 1 aliphatic rings. The maximum Gasteiger partial charge on any atom is 0.0402 e. The van der Waals surface area contributed by atoms with E-state index in [2.05, 4.69) is 49.1 Å². The molecule has 0 unspecified atom stereocenters. The number of nitrogens with zero attached hydrogens (tertiary/aromatic N) is 1. The van der Waals surface area contributed by atoms with Crippen LogP contribution in [0.4, 0.5) is 0 Å². The minimum absolute atomic E-state index is 1.17. The normalized spacial score (nSPS) is 14.7. The van der Waals surface area contributed by atoms with Crippen LogP contribution in [0.3, 0.4) is 0 Å². The molecule has 0 radical (unpaired) electrons. The lowest BCUT2D eigenvalue weighted by Gasteiger charge is -2.27. The van der Waals surface area contributed by atoms with E-state index in [1.54, 1.807) is 0 Å². The highest BCUT2D eigenvalue weighted by Gasteiger charge is 2.15. The predicted molar refractivity (Wildman–Crippen MR) is 79.5 cm³/mol. The first-order chi connectivity index (χ1) is 8.86. The first-order valence-electron chi connectivity index (χ1n) is 7.40. The Hall–Kier alpha value is -1.24. The Bertz CT molecular complexity index is 400. The maximum atomic E-state index is 2.57. The minimum Gasteiger partial charge on any atom is -0.371 e. The Morgan fingerprint density at radius 1 is 1.06 bits per heavy atom. The van der Waals surface area contributed by atoms with Gasteiger partial charge in [-0.15, -0.1) is 0 Å². The van der Waals surface area contributed by atoms with Crippen LogP contribution >= 0.6 is 0 Å². The number of hydrogen-bond donors (Lipinski definition) is 0. The van der Waals surface area contributed by atoms with Crippen molar-refractivity contribution in [2.24, 2.45) is 0 Å². The van der Waals surface area contributed by atoms with Gasteiger partial charge in [-0.25, -0.2) is 0 Å². The van der Waals surface area contributed by atoms with Gasteiger partial charge in [-0.1, -0.05) is 44.2 Å². The van der Waals surface area contributed by atoms with E-state index in [1.807, 2.05) is 0 Å². The molecule has 0 fully saturated rings. The smallest absolute Gasteiger partial charge is 0.0402 e. The molecule has 98 valence electrons. The van der Waals surface area contributed by atoms with Gasteiger partial charge in [0.15, 0.2) is 0 Å². The van der Waals surface area contributed by atoms with Gasteiger partial charge in [-0.3, -0.25) is 0 Å². The predicted octanol–water partition coefficient (Wildman–Crippen LogP) is 4.49. The van der Waals surface area contributed by atoms with E-state index in [4.69, 9.17) is 0 Å². The summed E-state index contributed by atoms with van der Waals surface area (Å²) in [6, 6.07) is 8.94. The van der Waals surface area contributed by atoms with Crippen LogP contribution in [-0.2, 0) is 6.42 Å². The number of fused-ring (bicyclic) bond motifs is 1. The molecule has 0 amide bonds. The average Bonchev–Trinajstić information content (AvgIpc) is 2.61. The van der Waals surface area contributed by atoms with Crippen LogP contribution in [0.25, 0.3) is 5.70 Å². The fraction of sp³-hybridized carbons (Fsp3) is 0.529. The summed E-state index contributed by atoms with van der Waals surface area (Å²) in [4.78, 5) is 2.57. The summed E-state index contributed by atoms with van der Waals surface area (Å²) in [5.74, 6) is 0. The summed E-state index contributed by atoms with van der Waals surface area (Å²) in [6.07, 6.45) is 8.62. The van der Waals surface area contributed by atoms with Gasteiger partial charge in [-0.2, -0.15) is 0 Å². The summed E-state index contributed by atoms with van der Waals surface area (Å²) < 4.78 is 0. The largest absolute Gasteiger partial charge is 0.371 e. The summed E-state index contributed by atoms with van der Waals surface area (Å²) >= 11 is 0. The van der Waals surface area contributed by atoms with Crippen LogP contribution in [0.5, 0.6) is 0 Å². The van der Waals surface area contributed by atoms with Gasteiger partial charge >= 0.3 is 0 Å². The van der Waals surface area contributed by atoms with Gasteiger partial charge in [0.05, 0.1) is 0 Å². The van der Waals surface area contributed by atoms with Crippen molar-refractivity contribution in [2.45, 2.75) is 46.0 Å². The Morgan fingerprint density at radius 3 is 2.50 bits per heavy atom. The van der Waals surface area contributed by atoms with Crippen LogP contribution in [0.1, 0.15) is 50.7 Å². The second kappa shape index (κ2) is 6.63. The summed E-state index contributed by atoms with van der Waals surface area (Å²) in [5.41, 5.74) is 4.47.